The highest BCUT2D eigenvalue weighted by Gasteiger charge is 2.63. The molecule has 0 heterocycles. The topological polar surface area (TPSA) is 55.4 Å². The number of rotatable bonds is 6. The predicted octanol–water partition coefficient (Wildman–Crippen LogP) is 4.51. The lowest BCUT2D eigenvalue weighted by atomic mass is 9.87. The van der Waals surface area contributed by atoms with Gasteiger partial charge in [-0.15, -0.1) is 13.2 Å². The van der Waals surface area contributed by atoms with E-state index in [2.05, 4.69) is 9.46 Å². The molecule has 1 saturated carbocycles. The van der Waals surface area contributed by atoms with Crippen molar-refractivity contribution in [1.82, 2.24) is 4.72 Å². The van der Waals surface area contributed by atoms with E-state index in [0.717, 1.165) is 36.4 Å². The third-order valence-corrected chi connectivity index (χ3v) is 6.71. The summed E-state index contributed by atoms with van der Waals surface area (Å²) < 4.78 is 95.5. The predicted molar refractivity (Wildman–Crippen MR) is 94.7 cm³/mol. The molecule has 0 unspecified atom stereocenters. The number of hydrogen-bond donors (Lipinski definition) is 1. The van der Waals surface area contributed by atoms with Gasteiger partial charge in [-0.25, -0.2) is 21.9 Å². The quantitative estimate of drug-likeness (QED) is 0.680. The Morgan fingerprint density at radius 2 is 1.66 bits per heavy atom. The number of hydrogen-bond acceptors (Lipinski definition) is 3. The molecule has 0 saturated heterocycles. The molecule has 1 aliphatic rings. The Bertz CT molecular complexity index is 1020. The van der Waals surface area contributed by atoms with Gasteiger partial charge >= 0.3 is 6.36 Å². The van der Waals surface area contributed by atoms with E-state index in [4.69, 9.17) is 0 Å². The lowest BCUT2D eigenvalue weighted by molar-refractivity contribution is -0.274. The summed E-state index contributed by atoms with van der Waals surface area (Å²) in [7, 11) is -4.08. The van der Waals surface area contributed by atoms with Gasteiger partial charge in [-0.3, -0.25) is 0 Å². The Hall–Kier alpha value is -2.20. The van der Waals surface area contributed by atoms with Crippen LogP contribution in [0, 0.1) is 17.0 Å². The first-order chi connectivity index (χ1) is 13.3. The first-order valence-electron chi connectivity index (χ1n) is 8.57. The third kappa shape index (κ3) is 4.37. The zero-order valence-corrected chi connectivity index (χ0v) is 16.3. The van der Waals surface area contributed by atoms with Crippen LogP contribution < -0.4 is 9.46 Å². The Morgan fingerprint density at radius 3 is 2.14 bits per heavy atom. The lowest BCUT2D eigenvalue weighted by Gasteiger charge is -2.22. The SMILES string of the molecule is CC1(C)C[C@]1(CNS(=O)(=O)c1ccc(OC(F)(F)F)cc1)c1ccc(F)cc1F. The first-order valence-corrected chi connectivity index (χ1v) is 10.1. The van der Waals surface area contributed by atoms with E-state index in [1.807, 2.05) is 13.8 Å². The van der Waals surface area contributed by atoms with Crippen molar-refractivity contribution >= 4 is 10.0 Å². The van der Waals surface area contributed by atoms with Crippen molar-refractivity contribution in [3.8, 4) is 5.75 Å². The Morgan fingerprint density at radius 1 is 1.07 bits per heavy atom. The minimum atomic E-state index is -4.89. The molecule has 3 rings (SSSR count). The molecule has 4 nitrogen and oxygen atoms in total. The smallest absolute Gasteiger partial charge is 0.406 e. The zero-order chi connectivity index (χ0) is 21.7. The minimum absolute atomic E-state index is 0.147. The molecule has 1 aliphatic carbocycles. The first kappa shape index (κ1) is 21.5. The fourth-order valence-corrected chi connectivity index (χ4v) is 4.66. The molecular formula is C19H18F5NO3S. The maximum Gasteiger partial charge on any atom is 0.573 e. The Labute approximate surface area is 164 Å². The van der Waals surface area contributed by atoms with Gasteiger partial charge in [-0.2, -0.15) is 0 Å². The van der Waals surface area contributed by atoms with Crippen LogP contribution in [0.25, 0.3) is 0 Å². The van der Waals surface area contributed by atoms with Gasteiger partial charge in [0.2, 0.25) is 10.0 Å². The molecule has 0 amide bonds. The lowest BCUT2D eigenvalue weighted by Crippen LogP contribution is -2.35. The molecule has 158 valence electrons. The van der Waals surface area contributed by atoms with Gasteiger partial charge in [0.15, 0.2) is 0 Å². The average molecular weight is 435 g/mol. The molecular weight excluding hydrogens is 417 g/mol. The molecule has 29 heavy (non-hydrogen) atoms. The molecule has 2 aromatic carbocycles. The number of halogens is 5. The van der Waals surface area contributed by atoms with E-state index in [0.29, 0.717) is 6.42 Å². The second-order valence-corrected chi connectivity index (χ2v) is 9.38. The van der Waals surface area contributed by atoms with Crippen LogP contribution in [0.2, 0.25) is 0 Å². The van der Waals surface area contributed by atoms with E-state index in [-0.39, 0.29) is 17.0 Å². The normalized spacial score (nSPS) is 21.1. The van der Waals surface area contributed by atoms with Gasteiger partial charge in [0.1, 0.15) is 17.4 Å². The molecule has 10 heteroatoms. The van der Waals surface area contributed by atoms with E-state index < -0.39 is 44.6 Å². The largest absolute Gasteiger partial charge is 0.573 e. The monoisotopic (exact) mass is 435 g/mol. The molecule has 2 aromatic rings. The fourth-order valence-electron chi connectivity index (χ4n) is 3.57. The molecule has 0 aliphatic heterocycles. The average Bonchev–Trinajstić information content (AvgIpc) is 3.14. The Kier molecular flexibility index (Phi) is 5.15. The van der Waals surface area contributed by atoms with E-state index in [1.54, 1.807) is 0 Å². The highest BCUT2D eigenvalue weighted by molar-refractivity contribution is 7.89. The van der Waals surface area contributed by atoms with Crippen LogP contribution in [0.5, 0.6) is 5.75 Å². The summed E-state index contributed by atoms with van der Waals surface area (Å²) in [6.07, 6.45) is -4.41. The number of sulfonamides is 1. The molecule has 1 atom stereocenters. The summed E-state index contributed by atoms with van der Waals surface area (Å²) in [5.74, 6) is -2.05. The molecule has 0 bridgehead atoms. The van der Waals surface area contributed by atoms with Crippen molar-refractivity contribution in [2.24, 2.45) is 5.41 Å². The number of ether oxygens (including phenoxy) is 1. The van der Waals surface area contributed by atoms with Crippen LogP contribution in [-0.2, 0) is 15.4 Å². The maximum absolute atomic E-state index is 14.3. The van der Waals surface area contributed by atoms with Crippen LogP contribution in [0.15, 0.2) is 47.4 Å². The molecule has 0 radical (unpaired) electrons. The van der Waals surface area contributed by atoms with Gasteiger partial charge in [0.05, 0.1) is 4.90 Å². The second kappa shape index (κ2) is 6.94. The van der Waals surface area contributed by atoms with Crippen molar-refractivity contribution in [2.45, 2.75) is 36.9 Å². The molecule has 1 fully saturated rings. The van der Waals surface area contributed by atoms with Crippen molar-refractivity contribution in [3.05, 3.63) is 59.7 Å². The summed E-state index contributed by atoms with van der Waals surface area (Å²) in [6.45, 7) is 3.53. The standard InChI is InChI=1S/C19H18F5NO3S/c1-17(2)10-18(17,15-8-3-12(20)9-16(15)21)11-25-29(26,27)14-6-4-13(5-7-14)28-19(22,23)24/h3-9,25H,10-11H2,1-2H3/t18-/m0/s1. The third-order valence-electron chi connectivity index (χ3n) is 5.29. The van der Waals surface area contributed by atoms with Crippen molar-refractivity contribution in [3.63, 3.8) is 0 Å². The highest BCUT2D eigenvalue weighted by Crippen LogP contribution is 2.64. The Balaban J connectivity index is 1.80. The maximum atomic E-state index is 14.3. The summed E-state index contributed by atoms with van der Waals surface area (Å²) in [6, 6.07) is 6.90. The fraction of sp³-hybridized carbons (Fsp3) is 0.368. The van der Waals surface area contributed by atoms with Crippen LogP contribution in [0.4, 0.5) is 22.0 Å². The van der Waals surface area contributed by atoms with Gasteiger partial charge < -0.3 is 4.74 Å². The van der Waals surface area contributed by atoms with Crippen molar-refractivity contribution < 1.29 is 35.1 Å². The summed E-state index contributed by atoms with van der Waals surface area (Å²) in [5.41, 5.74) is -1.09. The second-order valence-electron chi connectivity index (χ2n) is 7.61. The molecule has 0 aromatic heterocycles. The van der Waals surface area contributed by atoms with Crippen molar-refractivity contribution in [2.75, 3.05) is 6.54 Å². The van der Waals surface area contributed by atoms with Gasteiger partial charge in [-0.1, -0.05) is 19.9 Å². The highest BCUT2D eigenvalue weighted by atomic mass is 32.2. The van der Waals surface area contributed by atoms with Crippen LogP contribution in [0.1, 0.15) is 25.8 Å². The summed E-state index contributed by atoms with van der Waals surface area (Å²) in [5, 5.41) is 0. The van der Waals surface area contributed by atoms with Crippen LogP contribution in [-0.4, -0.2) is 21.3 Å². The summed E-state index contributed by atoms with van der Waals surface area (Å²) >= 11 is 0. The van der Waals surface area contributed by atoms with Crippen LogP contribution in [0.3, 0.4) is 0 Å². The summed E-state index contributed by atoms with van der Waals surface area (Å²) in [4.78, 5) is -0.264. The van der Waals surface area contributed by atoms with Crippen molar-refractivity contribution in [1.29, 1.82) is 0 Å². The molecule has 1 N–H and O–H groups in total. The van der Waals surface area contributed by atoms with E-state index in [9.17, 15) is 30.4 Å². The molecule has 0 spiro atoms. The van der Waals surface area contributed by atoms with Gasteiger partial charge in [0.25, 0.3) is 0 Å². The van der Waals surface area contributed by atoms with E-state index in [1.165, 1.54) is 6.07 Å². The van der Waals surface area contributed by atoms with Gasteiger partial charge in [0, 0.05) is 18.0 Å². The number of alkyl halides is 3. The van der Waals surface area contributed by atoms with E-state index >= 15 is 0 Å². The van der Waals surface area contributed by atoms with Crippen LogP contribution >= 0.6 is 0 Å². The minimum Gasteiger partial charge on any atom is -0.406 e. The van der Waals surface area contributed by atoms with Gasteiger partial charge in [-0.05, 0) is 47.7 Å². The number of benzene rings is 2. The zero-order valence-electron chi connectivity index (χ0n) is 15.5. The number of nitrogens with one attached hydrogen (secondary N) is 1.